The van der Waals surface area contributed by atoms with Crippen molar-refractivity contribution in [3.63, 3.8) is 0 Å². The summed E-state index contributed by atoms with van der Waals surface area (Å²) in [6, 6.07) is 0. The van der Waals surface area contributed by atoms with Gasteiger partial charge in [-0.1, -0.05) is 0 Å². The zero-order valence-electron chi connectivity index (χ0n) is 4.98. The van der Waals surface area contributed by atoms with Gasteiger partial charge in [-0.15, -0.1) is 8.58 Å². The Morgan fingerprint density at radius 2 is 1.75 bits per heavy atom. The van der Waals surface area contributed by atoms with Gasteiger partial charge >= 0.3 is 0 Å². The summed E-state index contributed by atoms with van der Waals surface area (Å²) in [4.78, 5) is 0. The van der Waals surface area contributed by atoms with E-state index < -0.39 is 0 Å². The van der Waals surface area contributed by atoms with E-state index in [-0.39, 0.29) is 0 Å². The highest BCUT2D eigenvalue weighted by molar-refractivity contribution is 7.38. The Labute approximate surface area is 52.0 Å². The Balaban J connectivity index is 2.04. The molecule has 2 fully saturated rings. The molecule has 46 valence electrons. The second-order valence-corrected chi connectivity index (χ2v) is 4.15. The Kier molecular flexibility index (Phi) is 1.28. The van der Waals surface area contributed by atoms with Crippen molar-refractivity contribution in [2.24, 2.45) is 11.8 Å². The summed E-state index contributed by atoms with van der Waals surface area (Å²) < 4.78 is 0. The largest absolute Gasteiger partial charge is 0.316 e. The Hall–Kier alpha value is 0.390. The van der Waals surface area contributed by atoms with E-state index in [1.807, 2.05) is 0 Å². The third kappa shape index (κ3) is 0.691. The van der Waals surface area contributed by atoms with Gasteiger partial charge in [0.15, 0.2) is 0 Å². The topological polar surface area (TPSA) is 12.0 Å². The molecule has 8 heavy (non-hydrogen) atoms. The minimum Gasteiger partial charge on any atom is -0.316 e. The number of nitrogens with one attached hydrogen (secondary N) is 1. The molecular formula is C6H12NP. The lowest BCUT2D eigenvalue weighted by atomic mass is 10.0. The maximum absolute atomic E-state index is 3.43. The Bertz CT molecular complexity index is 74.5. The zero-order chi connectivity index (χ0) is 5.40. The van der Waals surface area contributed by atoms with Crippen molar-refractivity contribution in [2.75, 3.05) is 25.4 Å². The van der Waals surface area contributed by atoms with Crippen LogP contribution in [-0.2, 0) is 0 Å². The van der Waals surface area contributed by atoms with Crippen LogP contribution < -0.4 is 5.32 Å². The average molecular weight is 129 g/mol. The molecule has 0 radical (unpaired) electrons. The lowest BCUT2D eigenvalue weighted by Crippen LogP contribution is -2.09. The molecule has 2 heteroatoms. The van der Waals surface area contributed by atoms with E-state index in [1.54, 1.807) is 0 Å². The van der Waals surface area contributed by atoms with Crippen molar-refractivity contribution in [2.45, 2.75) is 0 Å². The van der Waals surface area contributed by atoms with Crippen molar-refractivity contribution < 1.29 is 0 Å². The molecule has 2 aliphatic heterocycles. The lowest BCUT2D eigenvalue weighted by molar-refractivity contribution is 0.533. The quantitative estimate of drug-likeness (QED) is 0.470. The highest BCUT2D eigenvalue weighted by Gasteiger charge is 2.30. The summed E-state index contributed by atoms with van der Waals surface area (Å²) in [6.45, 7) is 2.63. The molecule has 0 aromatic rings. The van der Waals surface area contributed by atoms with E-state index in [0.717, 1.165) is 11.8 Å². The molecule has 2 unspecified atom stereocenters. The van der Waals surface area contributed by atoms with Crippen LogP contribution >= 0.6 is 8.58 Å². The molecule has 0 aliphatic carbocycles. The lowest BCUT2D eigenvalue weighted by Gasteiger charge is -2.02. The molecule has 0 bridgehead atoms. The molecule has 2 aliphatic rings. The molecule has 0 amide bonds. The molecule has 0 aromatic carbocycles. The summed E-state index contributed by atoms with van der Waals surface area (Å²) in [5.41, 5.74) is 0. The van der Waals surface area contributed by atoms with Gasteiger partial charge in [0.25, 0.3) is 0 Å². The van der Waals surface area contributed by atoms with Crippen LogP contribution in [0.2, 0.25) is 0 Å². The second kappa shape index (κ2) is 1.97. The summed E-state index contributed by atoms with van der Waals surface area (Å²) in [7, 11) is 1.29. The van der Waals surface area contributed by atoms with Gasteiger partial charge in [0.1, 0.15) is 0 Å². The number of fused-ring (bicyclic) bond motifs is 1. The van der Waals surface area contributed by atoms with E-state index in [0.29, 0.717) is 0 Å². The smallest absolute Gasteiger partial charge is 0.00139 e. The minimum absolute atomic E-state index is 1.08. The van der Waals surface area contributed by atoms with Gasteiger partial charge in [0.2, 0.25) is 0 Å². The fourth-order valence-corrected chi connectivity index (χ4v) is 3.58. The van der Waals surface area contributed by atoms with Crippen molar-refractivity contribution in [3.8, 4) is 0 Å². The molecule has 2 rings (SSSR count). The molecule has 0 spiro atoms. The number of hydrogen-bond donors (Lipinski definition) is 1. The van der Waals surface area contributed by atoms with Crippen LogP contribution in [0.4, 0.5) is 0 Å². The monoisotopic (exact) mass is 129 g/mol. The first kappa shape index (κ1) is 5.20. The predicted molar refractivity (Wildman–Crippen MR) is 37.9 cm³/mol. The molecule has 0 aromatic heterocycles. The van der Waals surface area contributed by atoms with E-state index >= 15 is 0 Å². The van der Waals surface area contributed by atoms with Crippen LogP contribution in [0.3, 0.4) is 0 Å². The van der Waals surface area contributed by atoms with Crippen molar-refractivity contribution in [1.82, 2.24) is 5.32 Å². The van der Waals surface area contributed by atoms with Crippen LogP contribution in [-0.4, -0.2) is 25.4 Å². The summed E-state index contributed by atoms with van der Waals surface area (Å²) in [5, 5.41) is 3.43. The van der Waals surface area contributed by atoms with Gasteiger partial charge in [-0.25, -0.2) is 0 Å². The maximum Gasteiger partial charge on any atom is -0.00139 e. The SMILES string of the molecule is C1NCC2CPCC12. The summed E-state index contributed by atoms with van der Waals surface area (Å²) in [5.74, 6) is 2.15. The zero-order valence-corrected chi connectivity index (χ0v) is 5.98. The van der Waals surface area contributed by atoms with Crippen molar-refractivity contribution in [1.29, 1.82) is 0 Å². The van der Waals surface area contributed by atoms with Crippen molar-refractivity contribution in [3.05, 3.63) is 0 Å². The normalized spacial score (nSPS) is 48.0. The molecule has 2 saturated heterocycles. The molecule has 0 saturated carbocycles. The van der Waals surface area contributed by atoms with Crippen LogP contribution in [0, 0.1) is 11.8 Å². The number of hydrogen-bond acceptors (Lipinski definition) is 1. The van der Waals surface area contributed by atoms with Crippen LogP contribution in [0.15, 0.2) is 0 Å². The molecular weight excluding hydrogens is 117 g/mol. The molecule has 1 N–H and O–H groups in total. The first-order chi connectivity index (χ1) is 3.97. The van der Waals surface area contributed by atoms with Crippen LogP contribution in [0.5, 0.6) is 0 Å². The fourth-order valence-electron chi connectivity index (χ4n) is 1.72. The summed E-state index contributed by atoms with van der Waals surface area (Å²) in [6.07, 6.45) is 3.05. The van der Waals surface area contributed by atoms with Gasteiger partial charge in [-0.2, -0.15) is 0 Å². The fraction of sp³-hybridized carbons (Fsp3) is 1.00. The Morgan fingerprint density at radius 1 is 1.12 bits per heavy atom. The van der Waals surface area contributed by atoms with E-state index in [2.05, 4.69) is 5.32 Å². The van der Waals surface area contributed by atoms with Gasteiger partial charge in [-0.05, 0) is 37.2 Å². The third-order valence-corrected chi connectivity index (χ3v) is 3.92. The highest BCUT2D eigenvalue weighted by Crippen LogP contribution is 2.35. The Morgan fingerprint density at radius 3 is 2.38 bits per heavy atom. The van der Waals surface area contributed by atoms with E-state index in [1.165, 1.54) is 34.0 Å². The molecule has 1 nitrogen and oxygen atoms in total. The average Bonchev–Trinajstić information content (AvgIpc) is 2.15. The standard InChI is InChI=1S/C6H12NP/c1-5-3-8-4-6(5)2-7-1/h5-8H,1-4H2. The maximum atomic E-state index is 3.43. The van der Waals surface area contributed by atoms with Gasteiger partial charge in [0.05, 0.1) is 0 Å². The van der Waals surface area contributed by atoms with Crippen molar-refractivity contribution >= 4 is 8.58 Å². The predicted octanol–water partition coefficient (Wildman–Crippen LogP) is 0.514. The van der Waals surface area contributed by atoms with Gasteiger partial charge in [0, 0.05) is 0 Å². The van der Waals surface area contributed by atoms with Gasteiger partial charge in [-0.3, -0.25) is 0 Å². The summed E-state index contributed by atoms with van der Waals surface area (Å²) >= 11 is 0. The molecule has 2 atom stereocenters. The third-order valence-electron chi connectivity index (χ3n) is 2.29. The number of rotatable bonds is 0. The first-order valence-corrected chi connectivity index (χ1v) is 4.79. The van der Waals surface area contributed by atoms with Gasteiger partial charge < -0.3 is 5.32 Å². The minimum atomic E-state index is 1.08. The highest BCUT2D eigenvalue weighted by atomic mass is 31.1. The van der Waals surface area contributed by atoms with Crippen LogP contribution in [0.25, 0.3) is 0 Å². The van der Waals surface area contributed by atoms with E-state index in [4.69, 9.17) is 0 Å². The van der Waals surface area contributed by atoms with Crippen LogP contribution in [0.1, 0.15) is 0 Å². The molecule has 2 heterocycles. The van der Waals surface area contributed by atoms with E-state index in [9.17, 15) is 0 Å². The second-order valence-electron chi connectivity index (χ2n) is 2.84. The first-order valence-electron chi connectivity index (χ1n) is 3.38.